The van der Waals surface area contributed by atoms with Crippen molar-refractivity contribution in [3.8, 4) is 0 Å². The SMILES string of the molecule is CCCc1nnc2cc(F)ccc2c1C(=O)OC. The summed E-state index contributed by atoms with van der Waals surface area (Å²) < 4.78 is 17.9. The lowest BCUT2D eigenvalue weighted by molar-refractivity contribution is 0.0601. The molecule has 0 radical (unpaired) electrons. The minimum absolute atomic E-state index is 0.357. The molecule has 18 heavy (non-hydrogen) atoms. The molecule has 1 aromatic carbocycles. The molecule has 5 heteroatoms. The van der Waals surface area contributed by atoms with Crippen molar-refractivity contribution in [2.75, 3.05) is 7.11 Å². The van der Waals surface area contributed by atoms with E-state index in [0.717, 1.165) is 6.42 Å². The number of benzene rings is 1. The molecule has 0 amide bonds. The molecule has 0 spiro atoms. The summed E-state index contributed by atoms with van der Waals surface area (Å²) >= 11 is 0. The van der Waals surface area contributed by atoms with Crippen LogP contribution in [0.15, 0.2) is 18.2 Å². The van der Waals surface area contributed by atoms with E-state index in [1.54, 1.807) is 0 Å². The van der Waals surface area contributed by atoms with Gasteiger partial charge in [-0.3, -0.25) is 0 Å². The molecule has 2 rings (SSSR count). The van der Waals surface area contributed by atoms with E-state index in [4.69, 9.17) is 4.74 Å². The zero-order valence-electron chi connectivity index (χ0n) is 10.2. The molecule has 2 aromatic rings. The van der Waals surface area contributed by atoms with E-state index in [-0.39, 0.29) is 0 Å². The van der Waals surface area contributed by atoms with Crippen molar-refractivity contribution in [3.63, 3.8) is 0 Å². The number of esters is 1. The quantitative estimate of drug-likeness (QED) is 0.783. The fourth-order valence-electron chi connectivity index (χ4n) is 1.86. The number of rotatable bonds is 3. The van der Waals surface area contributed by atoms with E-state index >= 15 is 0 Å². The van der Waals surface area contributed by atoms with Crippen LogP contribution in [-0.2, 0) is 11.2 Å². The van der Waals surface area contributed by atoms with Gasteiger partial charge in [0.05, 0.1) is 23.9 Å². The molecular formula is C13H13FN2O2. The number of ether oxygens (including phenoxy) is 1. The minimum atomic E-state index is -0.468. The maximum absolute atomic E-state index is 13.1. The molecule has 1 aromatic heterocycles. The average Bonchev–Trinajstić information content (AvgIpc) is 2.38. The largest absolute Gasteiger partial charge is 0.465 e. The molecule has 4 nitrogen and oxygen atoms in total. The first-order valence-electron chi connectivity index (χ1n) is 5.70. The maximum atomic E-state index is 13.1. The summed E-state index contributed by atoms with van der Waals surface area (Å²) in [5, 5.41) is 8.50. The predicted octanol–water partition coefficient (Wildman–Crippen LogP) is 2.51. The molecule has 0 aliphatic heterocycles. The Morgan fingerprint density at radius 2 is 2.17 bits per heavy atom. The molecular weight excluding hydrogens is 235 g/mol. The van der Waals surface area contributed by atoms with E-state index in [0.29, 0.717) is 28.6 Å². The lowest BCUT2D eigenvalue weighted by Crippen LogP contribution is -2.10. The third-order valence-corrected chi connectivity index (χ3v) is 2.67. The van der Waals surface area contributed by atoms with E-state index in [1.165, 1.54) is 25.3 Å². The summed E-state index contributed by atoms with van der Waals surface area (Å²) in [5.41, 5.74) is 1.32. The van der Waals surface area contributed by atoms with Gasteiger partial charge in [0, 0.05) is 11.5 Å². The second-order valence-electron chi connectivity index (χ2n) is 3.92. The molecule has 0 N–H and O–H groups in total. The fourth-order valence-corrected chi connectivity index (χ4v) is 1.86. The fraction of sp³-hybridized carbons (Fsp3) is 0.308. The Bertz CT molecular complexity index is 599. The second-order valence-corrected chi connectivity index (χ2v) is 3.92. The highest BCUT2D eigenvalue weighted by atomic mass is 19.1. The highest BCUT2D eigenvalue weighted by Gasteiger charge is 2.18. The van der Waals surface area contributed by atoms with Gasteiger partial charge in [-0.1, -0.05) is 13.3 Å². The van der Waals surface area contributed by atoms with Crippen molar-refractivity contribution in [1.29, 1.82) is 0 Å². The van der Waals surface area contributed by atoms with E-state index in [9.17, 15) is 9.18 Å². The number of carbonyl (C=O) groups is 1. The minimum Gasteiger partial charge on any atom is -0.465 e. The van der Waals surface area contributed by atoms with Crippen molar-refractivity contribution in [2.45, 2.75) is 19.8 Å². The van der Waals surface area contributed by atoms with Gasteiger partial charge in [0.25, 0.3) is 0 Å². The smallest absolute Gasteiger partial charge is 0.340 e. The molecule has 0 atom stereocenters. The van der Waals surface area contributed by atoms with Crippen molar-refractivity contribution < 1.29 is 13.9 Å². The Morgan fingerprint density at radius 1 is 1.39 bits per heavy atom. The van der Waals surface area contributed by atoms with Gasteiger partial charge in [0.15, 0.2) is 0 Å². The molecule has 0 unspecified atom stereocenters. The average molecular weight is 248 g/mol. The number of hydrogen-bond donors (Lipinski definition) is 0. The van der Waals surface area contributed by atoms with E-state index in [2.05, 4.69) is 10.2 Å². The molecule has 1 heterocycles. The van der Waals surface area contributed by atoms with Gasteiger partial charge >= 0.3 is 5.97 Å². The Morgan fingerprint density at radius 3 is 2.83 bits per heavy atom. The van der Waals surface area contributed by atoms with Crippen LogP contribution in [0.1, 0.15) is 29.4 Å². The normalized spacial score (nSPS) is 10.6. The number of aryl methyl sites for hydroxylation is 1. The van der Waals surface area contributed by atoms with Crippen LogP contribution in [0.5, 0.6) is 0 Å². The first-order valence-corrected chi connectivity index (χ1v) is 5.70. The lowest BCUT2D eigenvalue weighted by Gasteiger charge is -2.08. The third kappa shape index (κ3) is 2.16. The summed E-state index contributed by atoms with van der Waals surface area (Å²) in [6.45, 7) is 1.98. The first kappa shape index (κ1) is 12.4. The zero-order chi connectivity index (χ0) is 13.1. The van der Waals surface area contributed by atoms with Gasteiger partial charge in [-0.25, -0.2) is 9.18 Å². The Hall–Kier alpha value is -2.04. The highest BCUT2D eigenvalue weighted by Crippen LogP contribution is 2.21. The zero-order valence-corrected chi connectivity index (χ0v) is 10.2. The molecule has 0 aliphatic rings. The summed E-state index contributed by atoms with van der Waals surface area (Å²) in [6.07, 6.45) is 1.47. The number of fused-ring (bicyclic) bond motifs is 1. The van der Waals surface area contributed by atoms with Crippen LogP contribution >= 0.6 is 0 Å². The van der Waals surface area contributed by atoms with E-state index in [1.807, 2.05) is 6.92 Å². The number of methoxy groups -OCH3 is 1. The third-order valence-electron chi connectivity index (χ3n) is 2.67. The number of aromatic nitrogens is 2. The highest BCUT2D eigenvalue weighted by molar-refractivity contribution is 6.04. The number of halogens is 1. The van der Waals surface area contributed by atoms with Crippen molar-refractivity contribution in [1.82, 2.24) is 10.2 Å². The summed E-state index contributed by atoms with van der Waals surface area (Å²) in [6, 6.07) is 4.08. The van der Waals surface area contributed by atoms with Gasteiger partial charge < -0.3 is 4.74 Å². The monoisotopic (exact) mass is 248 g/mol. The van der Waals surface area contributed by atoms with Gasteiger partial charge in [-0.15, -0.1) is 0 Å². The Kier molecular flexibility index (Phi) is 3.50. The second kappa shape index (κ2) is 5.08. The molecule has 94 valence electrons. The van der Waals surface area contributed by atoms with Gasteiger partial charge in [0.2, 0.25) is 0 Å². The molecule has 0 fully saturated rings. The van der Waals surface area contributed by atoms with Crippen LogP contribution < -0.4 is 0 Å². The van der Waals surface area contributed by atoms with Crippen molar-refractivity contribution >= 4 is 16.9 Å². The van der Waals surface area contributed by atoms with Crippen LogP contribution in [-0.4, -0.2) is 23.3 Å². The van der Waals surface area contributed by atoms with Crippen LogP contribution in [0.4, 0.5) is 4.39 Å². The van der Waals surface area contributed by atoms with Gasteiger partial charge in [-0.2, -0.15) is 10.2 Å². The number of nitrogens with zero attached hydrogens (tertiary/aromatic N) is 2. The van der Waals surface area contributed by atoms with Crippen molar-refractivity contribution in [3.05, 3.63) is 35.3 Å². The summed E-state index contributed by atoms with van der Waals surface area (Å²) in [7, 11) is 1.31. The molecule has 0 saturated heterocycles. The Labute approximate surface area is 104 Å². The predicted molar refractivity (Wildman–Crippen MR) is 64.8 cm³/mol. The number of hydrogen-bond acceptors (Lipinski definition) is 4. The number of carbonyl (C=O) groups excluding carboxylic acids is 1. The van der Waals surface area contributed by atoms with Gasteiger partial charge in [0.1, 0.15) is 5.82 Å². The molecule has 0 aliphatic carbocycles. The first-order chi connectivity index (χ1) is 8.67. The summed E-state index contributed by atoms with van der Waals surface area (Å²) in [4.78, 5) is 11.8. The molecule has 0 saturated carbocycles. The van der Waals surface area contributed by atoms with Crippen molar-refractivity contribution in [2.24, 2.45) is 0 Å². The Balaban J connectivity index is 2.72. The van der Waals surface area contributed by atoms with Gasteiger partial charge in [-0.05, 0) is 18.6 Å². The summed E-state index contributed by atoms with van der Waals surface area (Å²) in [5.74, 6) is -0.874. The lowest BCUT2D eigenvalue weighted by atomic mass is 10.0. The van der Waals surface area contributed by atoms with Crippen LogP contribution in [0.3, 0.4) is 0 Å². The van der Waals surface area contributed by atoms with Crippen LogP contribution in [0, 0.1) is 5.82 Å². The van der Waals surface area contributed by atoms with Crippen LogP contribution in [0.2, 0.25) is 0 Å². The van der Waals surface area contributed by atoms with E-state index < -0.39 is 11.8 Å². The van der Waals surface area contributed by atoms with Crippen LogP contribution in [0.25, 0.3) is 10.9 Å². The topological polar surface area (TPSA) is 52.1 Å². The maximum Gasteiger partial charge on any atom is 0.340 e. The standard InChI is InChI=1S/C13H13FN2O2/c1-3-4-10-12(13(17)18-2)9-6-5-8(14)7-11(9)16-15-10/h5-7H,3-4H2,1-2H3. The molecule has 0 bridgehead atoms.